The minimum Gasteiger partial charge on any atom is -0.251 e. The van der Waals surface area contributed by atoms with E-state index >= 15 is 0 Å². The minimum absolute atomic E-state index is 0.375. The summed E-state index contributed by atoms with van der Waals surface area (Å²) in [5.41, 5.74) is 1.51. The van der Waals surface area contributed by atoms with Crippen LogP contribution in [0.5, 0.6) is 0 Å². The lowest BCUT2D eigenvalue weighted by Gasteiger charge is -2.04. The van der Waals surface area contributed by atoms with Crippen LogP contribution >= 0.6 is 39.1 Å². The number of hydrogen-bond donors (Lipinski definition) is 0. The van der Waals surface area contributed by atoms with Crippen molar-refractivity contribution in [1.82, 2.24) is 9.97 Å². The lowest BCUT2D eigenvalue weighted by molar-refractivity contribution is 1.20. The molecule has 0 saturated heterocycles. The molecule has 0 bridgehead atoms. The Balaban J connectivity index is 2.60. The first-order valence-corrected chi connectivity index (χ1v) is 5.65. The molecule has 0 N–H and O–H groups in total. The Bertz CT molecular complexity index is 503. The average Bonchev–Trinajstić information content (AvgIpc) is 2.20. The summed E-state index contributed by atoms with van der Waals surface area (Å²) < 4.78 is 0.845. The monoisotopic (exact) mass is 302 g/mol. The van der Waals surface area contributed by atoms with Gasteiger partial charge >= 0.3 is 0 Å². The van der Waals surface area contributed by atoms with Crippen LogP contribution in [0.2, 0.25) is 10.2 Å². The second-order valence-electron chi connectivity index (χ2n) is 2.82. The molecule has 0 spiro atoms. The van der Waals surface area contributed by atoms with Crippen LogP contribution in [0.4, 0.5) is 0 Å². The third-order valence-corrected chi connectivity index (χ3v) is 3.01. The minimum atomic E-state index is 0.375. The molecule has 0 unspecified atom stereocenters. The van der Waals surface area contributed by atoms with Gasteiger partial charge in [0.05, 0.1) is 0 Å². The Morgan fingerprint density at radius 1 is 1.07 bits per heavy atom. The first-order chi connectivity index (χ1) is 7.18. The van der Waals surface area contributed by atoms with Gasteiger partial charge in [-0.25, -0.2) is 4.98 Å². The fourth-order valence-electron chi connectivity index (χ4n) is 1.18. The number of nitrogens with zero attached hydrogens (tertiary/aromatic N) is 2. The molecule has 0 radical (unpaired) electrons. The van der Waals surface area contributed by atoms with Gasteiger partial charge in [-0.05, 0) is 12.1 Å². The molecule has 2 rings (SSSR count). The summed E-state index contributed by atoms with van der Waals surface area (Å²) in [5, 5.41) is 1.03. The van der Waals surface area contributed by atoms with Crippen LogP contribution < -0.4 is 0 Å². The number of hydrogen-bond acceptors (Lipinski definition) is 2. The summed E-state index contributed by atoms with van der Waals surface area (Å²) in [6, 6.07) is 5.43. The standard InChI is InChI=1S/C10H5BrCl2N2/c11-8-5-6(12)1-2-7(8)9-10(13)15-4-3-14-9/h1-5H. The van der Waals surface area contributed by atoms with Gasteiger partial charge in [0.25, 0.3) is 0 Å². The predicted octanol–water partition coefficient (Wildman–Crippen LogP) is 4.21. The Morgan fingerprint density at radius 3 is 2.47 bits per heavy atom. The second-order valence-corrected chi connectivity index (χ2v) is 4.47. The maximum Gasteiger partial charge on any atom is 0.155 e. The molecule has 2 nitrogen and oxygen atoms in total. The van der Waals surface area contributed by atoms with Gasteiger partial charge in [0.1, 0.15) is 5.69 Å². The SMILES string of the molecule is Clc1ccc(-c2nccnc2Cl)c(Br)c1. The van der Waals surface area contributed by atoms with Gasteiger partial charge < -0.3 is 0 Å². The van der Waals surface area contributed by atoms with E-state index < -0.39 is 0 Å². The van der Waals surface area contributed by atoms with Crippen molar-refractivity contribution < 1.29 is 0 Å². The van der Waals surface area contributed by atoms with Crippen molar-refractivity contribution in [3.05, 3.63) is 45.2 Å². The fraction of sp³-hybridized carbons (Fsp3) is 0. The van der Waals surface area contributed by atoms with Crippen LogP contribution in [0.15, 0.2) is 35.1 Å². The molecular weight excluding hydrogens is 299 g/mol. The molecule has 76 valence electrons. The van der Waals surface area contributed by atoms with Crippen LogP contribution in [0, 0.1) is 0 Å². The Labute approximate surface area is 105 Å². The van der Waals surface area contributed by atoms with Gasteiger partial charge in [0.15, 0.2) is 5.15 Å². The Hall–Kier alpha value is -0.640. The molecule has 0 atom stereocenters. The van der Waals surface area contributed by atoms with E-state index in [1.54, 1.807) is 24.5 Å². The van der Waals surface area contributed by atoms with Crippen molar-refractivity contribution in [2.24, 2.45) is 0 Å². The summed E-state index contributed by atoms with van der Waals surface area (Å²) in [6.07, 6.45) is 3.15. The number of benzene rings is 1. The Kier molecular flexibility index (Phi) is 3.24. The van der Waals surface area contributed by atoms with Crippen molar-refractivity contribution in [3.63, 3.8) is 0 Å². The van der Waals surface area contributed by atoms with Crippen LogP contribution in [-0.2, 0) is 0 Å². The molecular formula is C10H5BrCl2N2. The van der Waals surface area contributed by atoms with E-state index in [0.29, 0.717) is 15.9 Å². The zero-order chi connectivity index (χ0) is 10.8. The van der Waals surface area contributed by atoms with Gasteiger partial charge in [0, 0.05) is 27.5 Å². The third kappa shape index (κ3) is 2.30. The van der Waals surface area contributed by atoms with Crippen LogP contribution in [0.3, 0.4) is 0 Å². The summed E-state index contributed by atoms with van der Waals surface area (Å²) in [7, 11) is 0. The van der Waals surface area contributed by atoms with Crippen LogP contribution in [0.1, 0.15) is 0 Å². The average molecular weight is 304 g/mol. The normalized spacial score (nSPS) is 10.3. The summed E-state index contributed by atoms with van der Waals surface area (Å²) in [4.78, 5) is 8.14. The first-order valence-electron chi connectivity index (χ1n) is 4.10. The lowest BCUT2D eigenvalue weighted by Crippen LogP contribution is -1.88. The molecule has 0 aliphatic heterocycles. The van der Waals surface area contributed by atoms with E-state index in [1.165, 1.54) is 0 Å². The predicted molar refractivity (Wildman–Crippen MR) is 65.2 cm³/mol. The van der Waals surface area contributed by atoms with Gasteiger partial charge in [0.2, 0.25) is 0 Å². The largest absolute Gasteiger partial charge is 0.251 e. The molecule has 1 heterocycles. The molecule has 1 aromatic carbocycles. The highest BCUT2D eigenvalue weighted by Crippen LogP contribution is 2.32. The molecule has 0 aliphatic rings. The van der Waals surface area contributed by atoms with Crippen molar-refractivity contribution in [3.8, 4) is 11.3 Å². The van der Waals surface area contributed by atoms with Crippen molar-refractivity contribution in [2.45, 2.75) is 0 Å². The number of rotatable bonds is 1. The van der Waals surface area contributed by atoms with Crippen LogP contribution in [-0.4, -0.2) is 9.97 Å². The second kappa shape index (κ2) is 4.47. The molecule has 15 heavy (non-hydrogen) atoms. The van der Waals surface area contributed by atoms with E-state index in [0.717, 1.165) is 10.0 Å². The van der Waals surface area contributed by atoms with Gasteiger partial charge in [-0.15, -0.1) is 0 Å². The third-order valence-electron chi connectivity index (χ3n) is 1.84. The summed E-state index contributed by atoms with van der Waals surface area (Å²) in [5.74, 6) is 0. The molecule has 0 aliphatic carbocycles. The summed E-state index contributed by atoms with van der Waals surface area (Å²) in [6.45, 7) is 0. The van der Waals surface area contributed by atoms with E-state index in [1.807, 2.05) is 6.07 Å². The molecule has 0 saturated carbocycles. The highest BCUT2D eigenvalue weighted by Gasteiger charge is 2.09. The van der Waals surface area contributed by atoms with Gasteiger partial charge in [-0.2, -0.15) is 0 Å². The van der Waals surface area contributed by atoms with Crippen molar-refractivity contribution >= 4 is 39.1 Å². The molecule has 2 aromatic rings. The van der Waals surface area contributed by atoms with Crippen LogP contribution in [0.25, 0.3) is 11.3 Å². The van der Waals surface area contributed by atoms with E-state index in [2.05, 4.69) is 25.9 Å². The van der Waals surface area contributed by atoms with Crippen molar-refractivity contribution in [2.75, 3.05) is 0 Å². The smallest absolute Gasteiger partial charge is 0.155 e. The van der Waals surface area contributed by atoms with Crippen molar-refractivity contribution in [1.29, 1.82) is 0 Å². The quantitative estimate of drug-likeness (QED) is 0.788. The highest BCUT2D eigenvalue weighted by molar-refractivity contribution is 9.10. The molecule has 0 amide bonds. The first kappa shape index (κ1) is 10.9. The fourth-order valence-corrected chi connectivity index (χ4v) is 2.26. The van der Waals surface area contributed by atoms with Gasteiger partial charge in [-0.3, -0.25) is 4.98 Å². The summed E-state index contributed by atoms with van der Waals surface area (Å²) >= 11 is 15.2. The lowest BCUT2D eigenvalue weighted by atomic mass is 10.2. The zero-order valence-electron chi connectivity index (χ0n) is 7.42. The molecule has 0 fully saturated rings. The highest BCUT2D eigenvalue weighted by atomic mass is 79.9. The number of aromatic nitrogens is 2. The topological polar surface area (TPSA) is 25.8 Å². The van der Waals surface area contributed by atoms with Gasteiger partial charge in [-0.1, -0.05) is 45.2 Å². The molecule has 5 heteroatoms. The zero-order valence-corrected chi connectivity index (χ0v) is 10.5. The maximum absolute atomic E-state index is 5.94. The Morgan fingerprint density at radius 2 is 1.80 bits per heavy atom. The van der Waals surface area contributed by atoms with E-state index in [-0.39, 0.29) is 0 Å². The molecule has 1 aromatic heterocycles. The maximum atomic E-state index is 5.94. The van der Waals surface area contributed by atoms with E-state index in [9.17, 15) is 0 Å². The number of halogens is 3. The van der Waals surface area contributed by atoms with E-state index in [4.69, 9.17) is 23.2 Å².